The molecule has 3 heterocycles. The molecule has 0 radical (unpaired) electrons. The van der Waals surface area contributed by atoms with Gasteiger partial charge in [-0.1, -0.05) is 18.2 Å². The maximum Gasteiger partial charge on any atom is 0.184 e. The Morgan fingerprint density at radius 2 is 1.85 bits per heavy atom. The zero-order chi connectivity index (χ0) is 24.0. The van der Waals surface area contributed by atoms with Gasteiger partial charge in [0.1, 0.15) is 5.82 Å². The van der Waals surface area contributed by atoms with Gasteiger partial charge in [-0.25, -0.2) is 22.5 Å². The molecule has 1 unspecified atom stereocenters. The highest BCUT2D eigenvalue weighted by atomic mass is 32.2. The third kappa shape index (κ3) is 4.16. The smallest absolute Gasteiger partial charge is 0.184 e. The van der Waals surface area contributed by atoms with Crippen LogP contribution in [0, 0.1) is 12.7 Å². The van der Waals surface area contributed by atoms with Gasteiger partial charge in [-0.3, -0.25) is 4.98 Å². The van der Waals surface area contributed by atoms with Crippen molar-refractivity contribution < 1.29 is 12.8 Å². The average molecular weight is 480 g/mol. The average Bonchev–Trinajstić information content (AvgIpc) is 3.22. The van der Waals surface area contributed by atoms with Gasteiger partial charge in [-0.05, 0) is 50.1 Å². The van der Waals surface area contributed by atoms with Crippen LogP contribution in [0.3, 0.4) is 0 Å². The molecule has 2 aromatic heterocycles. The molecule has 1 aliphatic rings. The van der Waals surface area contributed by atoms with Crippen LogP contribution in [0.5, 0.6) is 0 Å². The highest BCUT2D eigenvalue weighted by Gasteiger charge is 2.30. The molecule has 0 N–H and O–H groups in total. The van der Waals surface area contributed by atoms with Crippen molar-refractivity contribution in [2.45, 2.75) is 25.8 Å². The summed E-state index contributed by atoms with van der Waals surface area (Å²) in [7, 11) is 0.505. The number of para-hydroxylation sites is 1. The van der Waals surface area contributed by atoms with Gasteiger partial charge in [-0.15, -0.1) is 0 Å². The van der Waals surface area contributed by atoms with Gasteiger partial charge in [0.15, 0.2) is 21.5 Å². The lowest BCUT2D eigenvalue weighted by atomic mass is 10.1. The van der Waals surface area contributed by atoms with Crippen LogP contribution in [0.25, 0.3) is 33.7 Å². The monoisotopic (exact) mass is 479 g/mol. The summed E-state index contributed by atoms with van der Waals surface area (Å²) in [5.41, 5.74) is 3.43. The Balaban J connectivity index is 1.73. The number of sulfone groups is 1. The summed E-state index contributed by atoms with van der Waals surface area (Å²) in [4.78, 5) is 11.2. The van der Waals surface area contributed by atoms with E-state index < -0.39 is 15.7 Å². The number of rotatable bonds is 4. The molecule has 4 aromatic rings. The molecule has 34 heavy (non-hydrogen) atoms. The first-order chi connectivity index (χ1) is 16.2. The quantitative estimate of drug-likeness (QED) is 0.431. The predicted molar refractivity (Wildman–Crippen MR) is 132 cm³/mol. The Kier molecular flexibility index (Phi) is 5.59. The van der Waals surface area contributed by atoms with Gasteiger partial charge >= 0.3 is 0 Å². The Bertz CT molecular complexity index is 1500. The van der Waals surface area contributed by atoms with Gasteiger partial charge < -0.3 is 4.90 Å². The van der Waals surface area contributed by atoms with Crippen LogP contribution in [0.1, 0.15) is 24.6 Å². The van der Waals surface area contributed by atoms with E-state index in [0.717, 1.165) is 27.8 Å². The molecule has 1 aliphatic heterocycles. The lowest BCUT2D eigenvalue weighted by Crippen LogP contribution is -2.28. The van der Waals surface area contributed by atoms with Crippen molar-refractivity contribution in [3.63, 3.8) is 0 Å². The largest absolute Gasteiger partial charge is 0.378 e. The third-order valence-corrected chi connectivity index (χ3v) is 8.01. The highest BCUT2D eigenvalue weighted by molar-refractivity contribution is 7.91. The van der Waals surface area contributed by atoms with Crippen LogP contribution in [0.15, 0.2) is 48.5 Å². The summed E-state index contributed by atoms with van der Waals surface area (Å²) in [5, 5.41) is 5.57. The molecule has 2 aromatic carbocycles. The molecule has 0 saturated carbocycles. The number of aryl methyl sites for hydroxylation is 1. The molecule has 9 heteroatoms. The number of halogens is 1. The number of nitrogens with zero attached hydrogens (tertiary/aromatic N) is 5. The molecule has 1 saturated heterocycles. The minimum Gasteiger partial charge on any atom is -0.378 e. The minimum absolute atomic E-state index is 0.00710. The van der Waals surface area contributed by atoms with E-state index in [-0.39, 0.29) is 28.9 Å². The van der Waals surface area contributed by atoms with E-state index in [4.69, 9.17) is 4.98 Å². The topological polar surface area (TPSA) is 81.0 Å². The van der Waals surface area contributed by atoms with Crippen LogP contribution in [0.2, 0.25) is 0 Å². The number of benzene rings is 2. The van der Waals surface area contributed by atoms with Crippen molar-refractivity contribution in [3.05, 3.63) is 60.0 Å². The molecule has 1 atom stereocenters. The second kappa shape index (κ2) is 8.47. The molecule has 176 valence electrons. The predicted octanol–water partition coefficient (Wildman–Crippen LogP) is 4.42. The fourth-order valence-corrected chi connectivity index (χ4v) is 6.19. The van der Waals surface area contributed by atoms with Crippen LogP contribution < -0.4 is 4.90 Å². The maximum absolute atomic E-state index is 15.1. The summed E-state index contributed by atoms with van der Waals surface area (Å²) in [6.07, 6.45) is 1.22. The van der Waals surface area contributed by atoms with E-state index in [9.17, 15) is 8.42 Å². The fraction of sp³-hybridized carbons (Fsp3) is 0.320. The van der Waals surface area contributed by atoms with Crippen LogP contribution in [-0.4, -0.2) is 53.8 Å². The SMILES string of the molecule is Cc1cc(-c2nc(-c3ccc(N(C)C)cc3F)nn2C2CCCS(=O)(=O)C2)c2ccccc2n1. The Morgan fingerprint density at radius 3 is 2.59 bits per heavy atom. The first-order valence-corrected chi connectivity index (χ1v) is 13.0. The molecular formula is C25H26FN5O2S. The lowest BCUT2D eigenvalue weighted by Gasteiger charge is -2.23. The molecule has 7 nitrogen and oxygen atoms in total. The van der Waals surface area contributed by atoms with Crippen molar-refractivity contribution in [3.8, 4) is 22.8 Å². The van der Waals surface area contributed by atoms with E-state index in [1.54, 1.807) is 10.7 Å². The summed E-state index contributed by atoms with van der Waals surface area (Å²) in [6, 6.07) is 14.2. The molecule has 0 bridgehead atoms. The minimum atomic E-state index is -3.19. The summed E-state index contributed by atoms with van der Waals surface area (Å²) >= 11 is 0. The number of pyridine rings is 1. The van der Waals surface area contributed by atoms with Crippen LogP contribution >= 0.6 is 0 Å². The standard InChI is InChI=1S/C25H26FN5O2S/c1-16-13-21(19-8-4-5-9-23(19)27-16)25-28-24(20-11-10-17(30(2)3)14-22(20)26)29-31(25)18-7-6-12-34(32,33)15-18/h4-5,8-11,13-14,18H,6-7,12,15H2,1-3H3. The maximum atomic E-state index is 15.1. The van der Waals surface area contributed by atoms with Gasteiger partial charge in [0.2, 0.25) is 0 Å². The fourth-order valence-electron chi connectivity index (χ4n) is 4.52. The number of hydrogen-bond donors (Lipinski definition) is 0. The molecule has 5 rings (SSSR count). The third-order valence-electron chi connectivity index (χ3n) is 6.21. The zero-order valence-electron chi connectivity index (χ0n) is 19.4. The lowest BCUT2D eigenvalue weighted by molar-refractivity contribution is 0.439. The van der Waals surface area contributed by atoms with Crippen LogP contribution in [-0.2, 0) is 9.84 Å². The van der Waals surface area contributed by atoms with Gasteiger partial charge in [0.25, 0.3) is 0 Å². The molecule has 0 amide bonds. The zero-order valence-corrected chi connectivity index (χ0v) is 20.2. The normalized spacial score (nSPS) is 17.7. The van der Waals surface area contributed by atoms with Gasteiger partial charge in [0, 0.05) is 36.4 Å². The molecule has 1 fully saturated rings. The summed E-state index contributed by atoms with van der Waals surface area (Å²) in [5.74, 6) is 0.502. The Hall–Kier alpha value is -3.33. The highest BCUT2D eigenvalue weighted by Crippen LogP contribution is 2.34. The second-order valence-corrected chi connectivity index (χ2v) is 11.2. The first-order valence-electron chi connectivity index (χ1n) is 11.2. The van der Waals surface area contributed by atoms with Crippen molar-refractivity contribution in [2.24, 2.45) is 0 Å². The molecule has 0 aliphatic carbocycles. The van der Waals surface area contributed by atoms with Gasteiger partial charge in [-0.2, -0.15) is 5.10 Å². The van der Waals surface area contributed by atoms with Crippen LogP contribution in [0.4, 0.5) is 10.1 Å². The van der Waals surface area contributed by atoms with Crippen molar-refractivity contribution in [1.82, 2.24) is 19.7 Å². The van der Waals surface area contributed by atoms with Crippen molar-refractivity contribution >= 4 is 26.4 Å². The van der Waals surface area contributed by atoms with E-state index in [2.05, 4.69) is 10.1 Å². The molecular weight excluding hydrogens is 453 g/mol. The number of aromatic nitrogens is 4. The Labute approximate surface area is 198 Å². The van der Waals surface area contributed by atoms with Gasteiger partial charge in [0.05, 0.1) is 28.6 Å². The number of anilines is 1. The number of hydrogen-bond acceptors (Lipinski definition) is 6. The second-order valence-electron chi connectivity index (χ2n) is 9.00. The first kappa shape index (κ1) is 22.5. The van der Waals surface area contributed by atoms with E-state index in [1.807, 2.05) is 62.3 Å². The Morgan fingerprint density at radius 1 is 1.06 bits per heavy atom. The van der Waals surface area contributed by atoms with Crippen molar-refractivity contribution in [1.29, 1.82) is 0 Å². The summed E-state index contributed by atoms with van der Waals surface area (Å²) in [6.45, 7) is 1.91. The molecule has 0 spiro atoms. The van der Waals surface area contributed by atoms with E-state index in [1.165, 1.54) is 6.07 Å². The van der Waals surface area contributed by atoms with Crippen molar-refractivity contribution in [2.75, 3.05) is 30.5 Å². The van der Waals surface area contributed by atoms with E-state index >= 15 is 4.39 Å². The number of fused-ring (bicyclic) bond motifs is 1. The summed E-state index contributed by atoms with van der Waals surface area (Å²) < 4.78 is 41.7. The van der Waals surface area contributed by atoms with E-state index in [0.29, 0.717) is 18.7 Å².